The van der Waals surface area contributed by atoms with Crippen LogP contribution in [0.1, 0.15) is 22.3 Å². The van der Waals surface area contributed by atoms with E-state index in [9.17, 15) is 5.11 Å². The van der Waals surface area contributed by atoms with Gasteiger partial charge in [-0.3, -0.25) is 4.90 Å². The Balaban J connectivity index is 1.22. The monoisotopic (exact) mass is 446 g/mol. The highest BCUT2D eigenvalue weighted by Gasteiger charge is 2.19. The number of nitrogens with zero attached hydrogens (tertiary/aromatic N) is 1. The van der Waals surface area contributed by atoms with E-state index in [2.05, 4.69) is 52.7 Å². The first kappa shape index (κ1) is 23.3. The first-order valence-electron chi connectivity index (χ1n) is 11.7. The molecule has 5 nitrogen and oxygen atoms in total. The van der Waals surface area contributed by atoms with Gasteiger partial charge in [0.15, 0.2) is 0 Å². The second-order valence-electron chi connectivity index (χ2n) is 8.60. The molecule has 2 N–H and O–H groups in total. The van der Waals surface area contributed by atoms with Crippen molar-refractivity contribution in [1.82, 2.24) is 10.2 Å². The first-order chi connectivity index (χ1) is 16.2. The molecule has 174 valence electrons. The van der Waals surface area contributed by atoms with Gasteiger partial charge in [0, 0.05) is 31.7 Å². The third-order valence-corrected chi connectivity index (χ3v) is 6.12. The average molecular weight is 447 g/mol. The van der Waals surface area contributed by atoms with Crippen LogP contribution in [0.3, 0.4) is 0 Å². The smallest absolute Gasteiger partial charge is 0.123 e. The van der Waals surface area contributed by atoms with E-state index in [1.54, 1.807) is 7.11 Å². The van der Waals surface area contributed by atoms with Crippen LogP contribution in [0.2, 0.25) is 0 Å². The van der Waals surface area contributed by atoms with Gasteiger partial charge in [0.25, 0.3) is 0 Å². The number of fused-ring (bicyclic) bond motifs is 1. The van der Waals surface area contributed by atoms with Crippen LogP contribution < -0.4 is 14.8 Å². The number of rotatable bonds is 11. The van der Waals surface area contributed by atoms with Crippen LogP contribution >= 0.6 is 0 Å². The van der Waals surface area contributed by atoms with E-state index >= 15 is 0 Å². The van der Waals surface area contributed by atoms with Gasteiger partial charge < -0.3 is 19.9 Å². The summed E-state index contributed by atoms with van der Waals surface area (Å²) in [4.78, 5) is 2.31. The Hall–Kier alpha value is -2.86. The molecule has 5 heteroatoms. The lowest BCUT2D eigenvalue weighted by Crippen LogP contribution is -2.38. The molecule has 0 spiro atoms. The molecule has 1 atom stereocenters. The maximum absolute atomic E-state index is 10.6. The summed E-state index contributed by atoms with van der Waals surface area (Å²) in [6.45, 7) is 4.36. The summed E-state index contributed by atoms with van der Waals surface area (Å²) in [6, 6.07) is 24.8. The van der Waals surface area contributed by atoms with E-state index in [-0.39, 0.29) is 0 Å². The van der Waals surface area contributed by atoms with Crippen LogP contribution in [0, 0.1) is 0 Å². The Labute approximate surface area is 197 Å². The highest BCUT2D eigenvalue weighted by molar-refractivity contribution is 5.33. The number of hydrogen-bond acceptors (Lipinski definition) is 5. The molecular weight excluding hydrogens is 412 g/mol. The zero-order chi connectivity index (χ0) is 22.9. The first-order valence-corrected chi connectivity index (χ1v) is 11.7. The second-order valence-corrected chi connectivity index (χ2v) is 8.60. The number of para-hydroxylation sites is 1. The largest absolute Gasteiger partial charge is 0.497 e. The topological polar surface area (TPSA) is 54.0 Å². The van der Waals surface area contributed by atoms with Crippen LogP contribution in [0.25, 0.3) is 0 Å². The Kier molecular flexibility index (Phi) is 8.36. The van der Waals surface area contributed by atoms with Crippen LogP contribution in [-0.4, -0.2) is 49.5 Å². The van der Waals surface area contributed by atoms with Crippen molar-refractivity contribution in [2.45, 2.75) is 32.0 Å². The number of β-amino-alcohol motifs (C(OH)–C–C–N with tert-alkyl or cyclic N) is 1. The lowest BCUT2D eigenvalue weighted by Gasteiger charge is -2.30. The van der Waals surface area contributed by atoms with Crippen LogP contribution in [-0.2, 0) is 25.9 Å². The number of methoxy groups -OCH3 is 1. The van der Waals surface area contributed by atoms with Crippen LogP contribution in [0.5, 0.6) is 11.5 Å². The van der Waals surface area contributed by atoms with Gasteiger partial charge in [-0.05, 0) is 54.3 Å². The summed E-state index contributed by atoms with van der Waals surface area (Å²) in [5.41, 5.74) is 5.13. The standard InChI is InChI=1S/C28H34N2O3/c1-32-27-11-6-7-22(17-27)13-15-29-18-24-9-4-5-12-28(24)33-21-26(31)20-30-16-14-23-8-2-3-10-25(23)19-30/h2-12,17,26,29,31H,13-16,18-21H2,1H3. The molecule has 0 radical (unpaired) electrons. The molecular formula is C28H34N2O3. The fourth-order valence-corrected chi connectivity index (χ4v) is 4.32. The summed E-state index contributed by atoms with van der Waals surface area (Å²) < 4.78 is 11.3. The maximum Gasteiger partial charge on any atom is 0.123 e. The summed E-state index contributed by atoms with van der Waals surface area (Å²) in [5, 5.41) is 14.1. The van der Waals surface area contributed by atoms with E-state index in [0.717, 1.165) is 56.1 Å². The Morgan fingerprint density at radius 3 is 2.70 bits per heavy atom. The van der Waals surface area contributed by atoms with Crippen LogP contribution in [0.15, 0.2) is 72.8 Å². The van der Waals surface area contributed by atoms with Gasteiger partial charge in [-0.15, -0.1) is 0 Å². The molecule has 3 aromatic carbocycles. The number of ether oxygens (including phenoxy) is 2. The predicted molar refractivity (Wildman–Crippen MR) is 132 cm³/mol. The average Bonchev–Trinajstić information content (AvgIpc) is 2.86. The summed E-state index contributed by atoms with van der Waals surface area (Å²) in [5.74, 6) is 1.72. The molecule has 0 aliphatic carbocycles. The maximum atomic E-state index is 10.6. The summed E-state index contributed by atoms with van der Waals surface area (Å²) in [6.07, 6.45) is 1.44. The Morgan fingerprint density at radius 2 is 1.82 bits per heavy atom. The molecule has 0 saturated carbocycles. The fourth-order valence-electron chi connectivity index (χ4n) is 4.32. The number of nitrogens with one attached hydrogen (secondary N) is 1. The normalized spacial score (nSPS) is 14.5. The molecule has 1 heterocycles. The molecule has 33 heavy (non-hydrogen) atoms. The number of hydrogen-bond donors (Lipinski definition) is 2. The van der Waals surface area contributed by atoms with Gasteiger partial charge in [0.2, 0.25) is 0 Å². The molecule has 0 bridgehead atoms. The Morgan fingerprint density at radius 1 is 1.00 bits per heavy atom. The minimum atomic E-state index is -0.524. The molecule has 3 aromatic rings. The van der Waals surface area contributed by atoms with Gasteiger partial charge in [-0.25, -0.2) is 0 Å². The zero-order valence-corrected chi connectivity index (χ0v) is 19.4. The molecule has 0 amide bonds. The Bertz CT molecular complexity index is 1020. The van der Waals surface area contributed by atoms with E-state index in [1.807, 2.05) is 30.3 Å². The van der Waals surface area contributed by atoms with E-state index in [4.69, 9.17) is 9.47 Å². The van der Waals surface area contributed by atoms with Crippen molar-refractivity contribution in [3.8, 4) is 11.5 Å². The zero-order valence-electron chi connectivity index (χ0n) is 19.4. The van der Waals surface area contributed by atoms with Gasteiger partial charge in [0.1, 0.15) is 24.2 Å². The van der Waals surface area contributed by atoms with Crippen molar-refractivity contribution < 1.29 is 14.6 Å². The molecule has 1 unspecified atom stereocenters. The van der Waals surface area contributed by atoms with Crippen molar-refractivity contribution >= 4 is 0 Å². The SMILES string of the molecule is COc1cccc(CCNCc2ccccc2OCC(O)CN2CCc3ccccc3C2)c1. The van der Waals surface area contributed by atoms with Crippen molar-refractivity contribution in [3.63, 3.8) is 0 Å². The fraction of sp³-hybridized carbons (Fsp3) is 0.357. The van der Waals surface area contributed by atoms with Crippen molar-refractivity contribution in [3.05, 3.63) is 95.1 Å². The van der Waals surface area contributed by atoms with Crippen molar-refractivity contribution in [2.24, 2.45) is 0 Å². The molecule has 0 aromatic heterocycles. The lowest BCUT2D eigenvalue weighted by molar-refractivity contribution is 0.0634. The minimum Gasteiger partial charge on any atom is -0.497 e. The third kappa shape index (κ3) is 6.81. The van der Waals surface area contributed by atoms with E-state index in [0.29, 0.717) is 13.2 Å². The van der Waals surface area contributed by atoms with Gasteiger partial charge in [-0.1, -0.05) is 54.6 Å². The highest BCUT2D eigenvalue weighted by atomic mass is 16.5. The molecule has 0 saturated heterocycles. The van der Waals surface area contributed by atoms with Crippen molar-refractivity contribution in [1.29, 1.82) is 0 Å². The lowest BCUT2D eigenvalue weighted by atomic mass is 10.00. The van der Waals surface area contributed by atoms with Crippen molar-refractivity contribution in [2.75, 3.05) is 33.4 Å². The predicted octanol–water partition coefficient (Wildman–Crippen LogP) is 3.83. The second kappa shape index (κ2) is 11.8. The number of benzene rings is 3. The molecule has 0 fully saturated rings. The summed E-state index contributed by atoms with van der Waals surface area (Å²) in [7, 11) is 1.69. The molecule has 1 aliphatic heterocycles. The summed E-state index contributed by atoms with van der Waals surface area (Å²) >= 11 is 0. The minimum absolute atomic E-state index is 0.291. The number of aliphatic hydroxyl groups is 1. The van der Waals surface area contributed by atoms with Gasteiger partial charge in [-0.2, -0.15) is 0 Å². The highest BCUT2D eigenvalue weighted by Crippen LogP contribution is 2.20. The van der Waals surface area contributed by atoms with E-state index < -0.39 is 6.10 Å². The van der Waals surface area contributed by atoms with Gasteiger partial charge in [0.05, 0.1) is 7.11 Å². The third-order valence-electron chi connectivity index (χ3n) is 6.12. The van der Waals surface area contributed by atoms with Gasteiger partial charge >= 0.3 is 0 Å². The number of aliphatic hydroxyl groups excluding tert-OH is 1. The molecule has 1 aliphatic rings. The van der Waals surface area contributed by atoms with E-state index in [1.165, 1.54) is 16.7 Å². The van der Waals surface area contributed by atoms with Crippen LogP contribution in [0.4, 0.5) is 0 Å². The molecule has 4 rings (SSSR count). The quantitative estimate of drug-likeness (QED) is 0.439.